The summed E-state index contributed by atoms with van der Waals surface area (Å²) in [4.78, 5) is 36.1. The van der Waals surface area contributed by atoms with Gasteiger partial charge in [0.05, 0.1) is 17.9 Å². The molecule has 1 aliphatic rings. The molecule has 1 heterocycles. The highest BCUT2D eigenvalue weighted by molar-refractivity contribution is 8.00. The zero-order chi connectivity index (χ0) is 19.2. The summed E-state index contributed by atoms with van der Waals surface area (Å²) in [5, 5.41) is 10.9. The lowest BCUT2D eigenvalue weighted by atomic mass is 10.3. The number of carbonyl (C=O) groups is 3. The van der Waals surface area contributed by atoms with Crippen LogP contribution in [0, 0.1) is 0 Å². The molecule has 8 heteroatoms. The molecule has 27 heavy (non-hydrogen) atoms. The third kappa shape index (κ3) is 5.18. The average molecular weight is 382 g/mol. The van der Waals surface area contributed by atoms with E-state index in [1.807, 2.05) is 30.3 Å². The van der Waals surface area contributed by atoms with Crippen molar-refractivity contribution in [3.8, 4) is 0 Å². The van der Waals surface area contributed by atoms with Gasteiger partial charge in [-0.15, -0.1) is 11.8 Å². The van der Waals surface area contributed by atoms with E-state index in [2.05, 4.69) is 15.7 Å². The molecule has 0 atom stereocenters. The maximum absolute atomic E-state index is 12.1. The quantitative estimate of drug-likeness (QED) is 0.778. The van der Waals surface area contributed by atoms with Crippen molar-refractivity contribution in [2.45, 2.75) is 18.2 Å². The molecule has 0 radical (unpaired) electrons. The number of para-hydroxylation sites is 1. The van der Waals surface area contributed by atoms with Crippen LogP contribution < -0.4 is 15.6 Å². The van der Waals surface area contributed by atoms with Crippen LogP contribution in [0.4, 0.5) is 11.4 Å². The Morgan fingerprint density at radius 2 is 1.78 bits per heavy atom. The molecule has 0 saturated carbocycles. The highest BCUT2D eigenvalue weighted by Crippen LogP contribution is 2.21. The minimum absolute atomic E-state index is 0.0662. The molecule has 0 unspecified atom stereocenters. The Hall–Kier alpha value is -3.13. The Morgan fingerprint density at radius 1 is 1.07 bits per heavy atom. The molecule has 3 amide bonds. The second-order valence-corrected chi connectivity index (χ2v) is 6.86. The normalized spacial score (nSPS) is 13.3. The summed E-state index contributed by atoms with van der Waals surface area (Å²) in [5.41, 5.74) is 1.37. The van der Waals surface area contributed by atoms with Crippen LogP contribution in [0.25, 0.3) is 0 Å². The molecule has 3 rings (SSSR count). The zero-order valence-corrected chi connectivity index (χ0v) is 15.5. The number of amidine groups is 1. The predicted molar refractivity (Wildman–Crippen MR) is 106 cm³/mol. The van der Waals surface area contributed by atoms with E-state index in [0.717, 1.165) is 4.90 Å². The summed E-state index contributed by atoms with van der Waals surface area (Å²) < 4.78 is 0. The molecular formula is C19H18N4O3S. The first kappa shape index (κ1) is 18.7. The molecule has 2 N–H and O–H groups in total. The summed E-state index contributed by atoms with van der Waals surface area (Å²) >= 11 is 1.36. The number of amides is 3. The molecule has 0 saturated heterocycles. The molecule has 138 valence electrons. The Labute approximate surface area is 160 Å². The second kappa shape index (κ2) is 8.50. The molecular weight excluding hydrogens is 364 g/mol. The number of hydrogen-bond acceptors (Lipinski definition) is 5. The SMILES string of the molecule is CC(=O)Nc1ccc(SCC(=O)NC2=NN(c3ccccc3)C(=O)C2)cc1. The molecule has 0 bridgehead atoms. The lowest BCUT2D eigenvalue weighted by molar-refractivity contribution is -0.117. The summed E-state index contributed by atoms with van der Waals surface area (Å²) in [6.07, 6.45) is 0.0662. The van der Waals surface area contributed by atoms with E-state index < -0.39 is 0 Å². The average Bonchev–Trinajstić information content (AvgIpc) is 3.01. The van der Waals surface area contributed by atoms with E-state index in [9.17, 15) is 14.4 Å². The molecule has 0 aromatic heterocycles. The van der Waals surface area contributed by atoms with Crippen LogP contribution >= 0.6 is 11.8 Å². The first-order valence-electron chi connectivity index (χ1n) is 8.27. The van der Waals surface area contributed by atoms with E-state index >= 15 is 0 Å². The second-order valence-electron chi connectivity index (χ2n) is 5.81. The number of benzene rings is 2. The molecule has 1 aliphatic heterocycles. The van der Waals surface area contributed by atoms with Crippen molar-refractivity contribution in [3.63, 3.8) is 0 Å². The van der Waals surface area contributed by atoms with Crippen LogP contribution in [0.1, 0.15) is 13.3 Å². The number of hydrogen-bond donors (Lipinski definition) is 2. The number of hydrazone groups is 1. The van der Waals surface area contributed by atoms with Gasteiger partial charge in [-0.2, -0.15) is 10.1 Å². The molecule has 2 aromatic carbocycles. The van der Waals surface area contributed by atoms with Gasteiger partial charge in [0.15, 0.2) is 0 Å². The molecule has 2 aromatic rings. The maximum atomic E-state index is 12.1. The smallest absolute Gasteiger partial charge is 0.255 e. The summed E-state index contributed by atoms with van der Waals surface area (Å²) in [7, 11) is 0. The highest BCUT2D eigenvalue weighted by Gasteiger charge is 2.26. The van der Waals surface area contributed by atoms with Gasteiger partial charge in [-0.3, -0.25) is 14.4 Å². The van der Waals surface area contributed by atoms with Crippen LogP contribution in [0.15, 0.2) is 64.6 Å². The number of thioether (sulfide) groups is 1. The van der Waals surface area contributed by atoms with Gasteiger partial charge in [0.1, 0.15) is 5.84 Å². The number of anilines is 2. The number of nitrogens with zero attached hydrogens (tertiary/aromatic N) is 2. The first-order valence-corrected chi connectivity index (χ1v) is 9.25. The van der Waals surface area contributed by atoms with Gasteiger partial charge in [-0.05, 0) is 36.4 Å². The summed E-state index contributed by atoms with van der Waals surface area (Å²) in [6.45, 7) is 1.45. The van der Waals surface area contributed by atoms with Gasteiger partial charge < -0.3 is 10.6 Å². The lowest BCUT2D eigenvalue weighted by Crippen LogP contribution is -2.31. The number of carbonyl (C=O) groups excluding carboxylic acids is 3. The topological polar surface area (TPSA) is 90.9 Å². The number of rotatable bonds is 5. The van der Waals surface area contributed by atoms with Gasteiger partial charge in [-0.25, -0.2) is 0 Å². The van der Waals surface area contributed by atoms with E-state index in [0.29, 0.717) is 17.2 Å². The largest absolute Gasteiger partial charge is 0.326 e. The number of nitrogens with one attached hydrogen (secondary N) is 2. The van der Waals surface area contributed by atoms with Gasteiger partial charge in [0, 0.05) is 17.5 Å². The fourth-order valence-electron chi connectivity index (χ4n) is 2.45. The van der Waals surface area contributed by atoms with E-state index in [1.165, 1.54) is 23.7 Å². The Bertz CT molecular complexity index is 882. The fourth-order valence-corrected chi connectivity index (χ4v) is 3.15. The van der Waals surface area contributed by atoms with Crippen molar-refractivity contribution in [2.75, 3.05) is 16.1 Å². The van der Waals surface area contributed by atoms with Gasteiger partial charge >= 0.3 is 0 Å². The van der Waals surface area contributed by atoms with Gasteiger partial charge in [0.25, 0.3) is 5.91 Å². The van der Waals surface area contributed by atoms with Crippen LogP contribution in [0.5, 0.6) is 0 Å². The van der Waals surface area contributed by atoms with Crippen molar-refractivity contribution in [2.24, 2.45) is 5.10 Å². The minimum Gasteiger partial charge on any atom is -0.326 e. The first-order chi connectivity index (χ1) is 13.0. The Morgan fingerprint density at radius 3 is 2.44 bits per heavy atom. The Kier molecular flexibility index (Phi) is 5.87. The van der Waals surface area contributed by atoms with Gasteiger partial charge in [-0.1, -0.05) is 18.2 Å². The summed E-state index contributed by atoms with van der Waals surface area (Å²) in [5.74, 6) is -0.00956. The van der Waals surface area contributed by atoms with E-state index in [1.54, 1.807) is 24.3 Å². The standard InChI is InChI=1S/C19H18N4O3S/c1-13(24)20-14-7-9-16(10-8-14)27-12-18(25)21-17-11-19(26)23(22-17)15-5-3-2-4-6-15/h2-10H,11-12H2,1H3,(H,20,24)(H,21,22,25). The monoisotopic (exact) mass is 382 g/mol. The molecule has 0 fully saturated rings. The molecule has 0 aliphatic carbocycles. The van der Waals surface area contributed by atoms with Gasteiger partial charge in [0.2, 0.25) is 11.8 Å². The zero-order valence-electron chi connectivity index (χ0n) is 14.6. The molecule has 0 spiro atoms. The minimum atomic E-state index is -0.229. The van der Waals surface area contributed by atoms with Crippen LogP contribution in [-0.2, 0) is 14.4 Å². The Balaban J connectivity index is 1.52. The van der Waals surface area contributed by atoms with Crippen molar-refractivity contribution < 1.29 is 14.4 Å². The van der Waals surface area contributed by atoms with Crippen LogP contribution in [0.2, 0.25) is 0 Å². The summed E-state index contributed by atoms with van der Waals surface area (Å²) in [6, 6.07) is 16.3. The maximum Gasteiger partial charge on any atom is 0.255 e. The third-order valence-corrected chi connectivity index (χ3v) is 4.62. The van der Waals surface area contributed by atoms with E-state index in [4.69, 9.17) is 0 Å². The predicted octanol–water partition coefficient (Wildman–Crippen LogP) is 2.60. The van der Waals surface area contributed by atoms with Crippen molar-refractivity contribution >= 4 is 46.7 Å². The van der Waals surface area contributed by atoms with Crippen LogP contribution in [0.3, 0.4) is 0 Å². The van der Waals surface area contributed by atoms with Crippen molar-refractivity contribution in [1.82, 2.24) is 5.32 Å². The van der Waals surface area contributed by atoms with Crippen molar-refractivity contribution in [1.29, 1.82) is 0 Å². The third-order valence-electron chi connectivity index (χ3n) is 3.60. The fraction of sp³-hybridized carbons (Fsp3) is 0.158. The highest BCUT2D eigenvalue weighted by atomic mass is 32.2. The van der Waals surface area contributed by atoms with E-state index in [-0.39, 0.29) is 29.9 Å². The molecule has 7 nitrogen and oxygen atoms in total. The van der Waals surface area contributed by atoms with Crippen molar-refractivity contribution in [3.05, 3.63) is 54.6 Å². The lowest BCUT2D eigenvalue weighted by Gasteiger charge is -2.10. The van der Waals surface area contributed by atoms with Crippen LogP contribution in [-0.4, -0.2) is 29.3 Å².